The fourth-order valence-electron chi connectivity index (χ4n) is 2.54. The average Bonchev–Trinajstić information content (AvgIpc) is 3.09. The van der Waals surface area contributed by atoms with Crippen LogP contribution in [0.3, 0.4) is 0 Å². The zero-order valence-electron chi connectivity index (χ0n) is 15.0. The summed E-state index contributed by atoms with van der Waals surface area (Å²) in [6, 6.07) is 14.2. The lowest BCUT2D eigenvalue weighted by molar-refractivity contribution is -0.119. The molecule has 0 fully saturated rings. The van der Waals surface area contributed by atoms with Crippen LogP contribution >= 0.6 is 11.8 Å². The number of carbonyl (C=O) groups excluding carboxylic acids is 1. The fraction of sp³-hybridized carbons (Fsp3) is 0.263. The monoisotopic (exact) mass is 404 g/mol. The van der Waals surface area contributed by atoms with Gasteiger partial charge in [0.05, 0.1) is 22.4 Å². The second kappa shape index (κ2) is 8.14. The van der Waals surface area contributed by atoms with Crippen LogP contribution in [0.5, 0.6) is 0 Å². The predicted molar refractivity (Wildman–Crippen MR) is 105 cm³/mol. The molecule has 8 heteroatoms. The van der Waals surface area contributed by atoms with E-state index in [0.717, 1.165) is 5.56 Å². The van der Waals surface area contributed by atoms with E-state index in [4.69, 9.17) is 4.42 Å². The molecule has 1 heterocycles. The van der Waals surface area contributed by atoms with Crippen molar-refractivity contribution in [3.63, 3.8) is 0 Å². The Morgan fingerprint density at radius 3 is 2.67 bits per heavy atom. The van der Waals surface area contributed by atoms with Gasteiger partial charge >= 0.3 is 0 Å². The van der Waals surface area contributed by atoms with Crippen LogP contribution in [0.25, 0.3) is 11.1 Å². The summed E-state index contributed by atoms with van der Waals surface area (Å²) < 4.78 is 29.5. The molecule has 0 spiro atoms. The highest BCUT2D eigenvalue weighted by Crippen LogP contribution is 2.26. The van der Waals surface area contributed by atoms with Crippen LogP contribution in [0.2, 0.25) is 0 Å². The molecular formula is C19H20N2O4S2. The zero-order chi connectivity index (χ0) is 19.4. The van der Waals surface area contributed by atoms with Gasteiger partial charge in [0.15, 0.2) is 15.4 Å². The molecule has 27 heavy (non-hydrogen) atoms. The molecule has 6 nitrogen and oxygen atoms in total. The van der Waals surface area contributed by atoms with Gasteiger partial charge in [-0.1, -0.05) is 49.0 Å². The number of hydrogen-bond acceptors (Lipinski definition) is 6. The van der Waals surface area contributed by atoms with E-state index in [1.807, 2.05) is 37.3 Å². The van der Waals surface area contributed by atoms with Crippen LogP contribution < -0.4 is 5.32 Å². The van der Waals surface area contributed by atoms with Gasteiger partial charge in [0.1, 0.15) is 5.52 Å². The number of nitrogens with one attached hydrogen (secondary N) is 1. The molecule has 2 aromatic carbocycles. The Bertz CT molecular complexity index is 1050. The van der Waals surface area contributed by atoms with Gasteiger partial charge in [-0.05, 0) is 30.7 Å². The first-order valence-corrected chi connectivity index (χ1v) is 11.1. The molecule has 0 aliphatic heterocycles. The summed E-state index contributed by atoms with van der Waals surface area (Å²) in [5.41, 5.74) is 1.98. The first-order chi connectivity index (χ1) is 12.9. The number of amides is 1. The summed E-state index contributed by atoms with van der Waals surface area (Å²) in [7, 11) is -3.30. The lowest BCUT2D eigenvalue weighted by Crippen LogP contribution is -2.28. The molecule has 0 saturated carbocycles. The number of aromatic nitrogens is 1. The van der Waals surface area contributed by atoms with Crippen LogP contribution in [0.15, 0.2) is 63.1 Å². The fourth-order valence-corrected chi connectivity index (χ4v) is 4.09. The van der Waals surface area contributed by atoms with Crippen molar-refractivity contribution in [3.05, 3.63) is 54.1 Å². The van der Waals surface area contributed by atoms with E-state index in [2.05, 4.69) is 10.3 Å². The van der Waals surface area contributed by atoms with E-state index < -0.39 is 9.84 Å². The van der Waals surface area contributed by atoms with E-state index in [0.29, 0.717) is 16.3 Å². The second-order valence-corrected chi connectivity index (χ2v) is 9.21. The highest BCUT2D eigenvalue weighted by atomic mass is 32.2. The first kappa shape index (κ1) is 19.4. The maximum atomic E-state index is 12.2. The molecule has 1 atom stereocenters. The third kappa shape index (κ3) is 4.70. The SMILES string of the molecule is CCS(=O)(=O)c1ccc2oc(SCC(=O)NC(C)c3ccccc3)nc2c1. The van der Waals surface area contributed by atoms with Crippen LogP contribution in [-0.2, 0) is 14.6 Å². The second-order valence-electron chi connectivity index (χ2n) is 6.00. The van der Waals surface area contributed by atoms with Crippen molar-refractivity contribution in [2.24, 2.45) is 0 Å². The largest absolute Gasteiger partial charge is 0.431 e. The van der Waals surface area contributed by atoms with E-state index in [1.165, 1.54) is 23.9 Å². The van der Waals surface area contributed by atoms with E-state index in [-0.39, 0.29) is 28.4 Å². The molecule has 1 unspecified atom stereocenters. The summed E-state index contributed by atoms with van der Waals surface area (Å²) >= 11 is 1.17. The summed E-state index contributed by atoms with van der Waals surface area (Å²) in [4.78, 5) is 16.7. The number of thioether (sulfide) groups is 1. The molecule has 0 radical (unpaired) electrons. The van der Waals surface area contributed by atoms with Crippen LogP contribution in [0, 0.1) is 0 Å². The minimum absolute atomic E-state index is 0.0255. The Kier molecular flexibility index (Phi) is 5.86. The van der Waals surface area contributed by atoms with E-state index in [1.54, 1.807) is 13.0 Å². The minimum Gasteiger partial charge on any atom is -0.431 e. The van der Waals surface area contributed by atoms with Gasteiger partial charge in [-0.3, -0.25) is 4.79 Å². The van der Waals surface area contributed by atoms with E-state index in [9.17, 15) is 13.2 Å². The predicted octanol–water partition coefficient (Wildman–Crippen LogP) is 3.59. The molecule has 0 aliphatic rings. The average molecular weight is 405 g/mol. The standard InChI is InChI=1S/C19H20N2O4S2/c1-3-27(23,24)15-9-10-17-16(11-15)21-19(25-17)26-12-18(22)20-13(2)14-7-5-4-6-8-14/h4-11,13H,3,12H2,1-2H3,(H,20,22). The molecule has 0 aliphatic carbocycles. The number of benzene rings is 2. The van der Waals surface area contributed by atoms with Crippen molar-refractivity contribution in [1.29, 1.82) is 0 Å². The molecule has 1 amide bonds. The molecule has 3 rings (SSSR count). The Balaban J connectivity index is 1.64. The summed E-state index contributed by atoms with van der Waals surface area (Å²) in [6.45, 7) is 3.52. The van der Waals surface area contributed by atoms with Crippen molar-refractivity contribution < 1.29 is 17.6 Å². The lowest BCUT2D eigenvalue weighted by atomic mass is 10.1. The van der Waals surface area contributed by atoms with Gasteiger partial charge in [0, 0.05) is 0 Å². The van der Waals surface area contributed by atoms with Crippen LogP contribution in [0.1, 0.15) is 25.5 Å². The quantitative estimate of drug-likeness (QED) is 0.605. The molecule has 1 aromatic heterocycles. The lowest BCUT2D eigenvalue weighted by Gasteiger charge is -2.13. The van der Waals surface area contributed by atoms with Gasteiger partial charge in [0.25, 0.3) is 5.22 Å². The molecule has 1 N–H and O–H groups in total. The third-order valence-electron chi connectivity index (χ3n) is 4.08. The van der Waals surface area contributed by atoms with Crippen molar-refractivity contribution >= 4 is 38.6 Å². The van der Waals surface area contributed by atoms with E-state index >= 15 is 0 Å². The maximum absolute atomic E-state index is 12.2. The maximum Gasteiger partial charge on any atom is 0.257 e. The summed E-state index contributed by atoms with van der Waals surface area (Å²) in [5, 5.41) is 3.26. The first-order valence-electron chi connectivity index (χ1n) is 8.49. The van der Waals surface area contributed by atoms with Gasteiger partial charge in [-0.25, -0.2) is 13.4 Å². The third-order valence-corrected chi connectivity index (χ3v) is 6.64. The zero-order valence-corrected chi connectivity index (χ0v) is 16.6. The summed E-state index contributed by atoms with van der Waals surface area (Å²) in [5.74, 6) is 0.0508. The summed E-state index contributed by atoms with van der Waals surface area (Å²) in [6.07, 6.45) is 0. The van der Waals surface area contributed by atoms with Crippen LogP contribution in [0.4, 0.5) is 0 Å². The van der Waals surface area contributed by atoms with Gasteiger partial charge in [0.2, 0.25) is 5.91 Å². The molecule has 0 saturated heterocycles. The molecule has 0 bridgehead atoms. The Morgan fingerprint density at radius 2 is 1.96 bits per heavy atom. The Labute approximate surface area is 162 Å². The van der Waals surface area contributed by atoms with Crippen molar-refractivity contribution in [2.75, 3.05) is 11.5 Å². The number of oxazole rings is 1. The number of fused-ring (bicyclic) bond motifs is 1. The highest BCUT2D eigenvalue weighted by Gasteiger charge is 2.16. The Morgan fingerprint density at radius 1 is 1.22 bits per heavy atom. The van der Waals surface area contributed by atoms with Gasteiger partial charge in [-0.2, -0.15) is 0 Å². The highest BCUT2D eigenvalue weighted by molar-refractivity contribution is 7.99. The van der Waals surface area contributed by atoms with Gasteiger partial charge < -0.3 is 9.73 Å². The van der Waals surface area contributed by atoms with Gasteiger partial charge in [-0.15, -0.1) is 0 Å². The van der Waals surface area contributed by atoms with Crippen LogP contribution in [-0.4, -0.2) is 30.8 Å². The topological polar surface area (TPSA) is 89.3 Å². The number of nitrogens with zero attached hydrogens (tertiary/aromatic N) is 1. The van der Waals surface area contributed by atoms with Crippen molar-refractivity contribution in [1.82, 2.24) is 10.3 Å². The number of carbonyl (C=O) groups is 1. The molecule has 3 aromatic rings. The minimum atomic E-state index is -3.30. The van der Waals surface area contributed by atoms with Crippen molar-refractivity contribution in [3.8, 4) is 0 Å². The van der Waals surface area contributed by atoms with Crippen molar-refractivity contribution in [2.45, 2.75) is 30.0 Å². The number of sulfone groups is 1. The normalized spacial score (nSPS) is 12.8. The number of hydrogen-bond donors (Lipinski definition) is 1. The number of rotatable bonds is 7. The molecule has 142 valence electrons. The Hall–Kier alpha value is -2.32. The smallest absolute Gasteiger partial charge is 0.257 e. The molecular weight excluding hydrogens is 384 g/mol.